The van der Waals surface area contributed by atoms with Crippen LogP contribution in [0.15, 0.2) is 18.2 Å². The van der Waals surface area contributed by atoms with Gasteiger partial charge in [-0.15, -0.1) is 0 Å². The van der Waals surface area contributed by atoms with E-state index in [4.69, 9.17) is 16.3 Å². The topological polar surface area (TPSA) is 43.4 Å². The summed E-state index contributed by atoms with van der Waals surface area (Å²) in [7, 11) is 0. The Morgan fingerprint density at radius 2 is 2.06 bits per heavy atom. The summed E-state index contributed by atoms with van der Waals surface area (Å²) in [6.45, 7) is 2.21. The van der Waals surface area contributed by atoms with Crippen molar-refractivity contribution < 1.29 is 18.7 Å². The van der Waals surface area contributed by atoms with Gasteiger partial charge in [-0.1, -0.05) is 18.5 Å². The van der Waals surface area contributed by atoms with E-state index in [1.807, 2.05) is 6.92 Å². The first-order valence-corrected chi connectivity index (χ1v) is 6.06. The van der Waals surface area contributed by atoms with Crippen LogP contribution >= 0.6 is 11.6 Å². The highest BCUT2D eigenvalue weighted by Gasteiger charge is 2.14. The smallest absolute Gasteiger partial charge is 0.306 e. The number of carbonyl (C=O) groups is 2. The van der Waals surface area contributed by atoms with Crippen LogP contribution in [-0.4, -0.2) is 18.4 Å². The average Bonchev–Trinajstić information content (AvgIpc) is 2.33. The monoisotopic (exact) mass is 272 g/mol. The Morgan fingerprint density at radius 1 is 1.33 bits per heavy atom. The highest BCUT2D eigenvalue weighted by molar-refractivity contribution is 6.30. The minimum absolute atomic E-state index is 0.0408. The van der Waals surface area contributed by atoms with Gasteiger partial charge in [0.05, 0.1) is 18.6 Å². The van der Waals surface area contributed by atoms with Gasteiger partial charge in [0.2, 0.25) is 0 Å². The molecule has 1 rings (SSSR count). The summed E-state index contributed by atoms with van der Waals surface area (Å²) in [5.74, 6) is -1.55. The van der Waals surface area contributed by atoms with Crippen molar-refractivity contribution in [3.63, 3.8) is 0 Å². The van der Waals surface area contributed by atoms with Crippen LogP contribution in [0.5, 0.6) is 0 Å². The number of rotatable bonds is 6. The lowest BCUT2D eigenvalue weighted by atomic mass is 10.1. The third-order valence-corrected chi connectivity index (χ3v) is 2.49. The zero-order valence-electron chi connectivity index (χ0n) is 10.0. The summed E-state index contributed by atoms with van der Waals surface area (Å²) in [5, 5.41) is 0.228. The highest BCUT2D eigenvalue weighted by Crippen LogP contribution is 2.16. The van der Waals surface area contributed by atoms with Crippen LogP contribution in [0, 0.1) is 5.82 Å². The molecule has 0 radical (unpaired) electrons. The fourth-order valence-electron chi connectivity index (χ4n) is 1.35. The van der Waals surface area contributed by atoms with Gasteiger partial charge >= 0.3 is 5.97 Å². The molecule has 0 aliphatic carbocycles. The first-order valence-electron chi connectivity index (χ1n) is 5.68. The minimum Gasteiger partial charge on any atom is -0.466 e. The molecule has 0 amide bonds. The SMILES string of the molecule is CCCOC(=O)CCC(=O)c1ccc(Cl)cc1F. The molecule has 3 nitrogen and oxygen atoms in total. The standard InChI is InChI=1S/C13H14ClFO3/c1-2-7-18-13(17)6-5-12(16)10-4-3-9(14)8-11(10)15/h3-4,8H,2,5-7H2,1H3. The zero-order chi connectivity index (χ0) is 13.5. The average molecular weight is 273 g/mol. The van der Waals surface area contributed by atoms with Crippen LogP contribution in [-0.2, 0) is 9.53 Å². The van der Waals surface area contributed by atoms with Crippen LogP contribution in [0.25, 0.3) is 0 Å². The minimum atomic E-state index is -0.672. The molecule has 0 aliphatic rings. The number of benzene rings is 1. The van der Waals surface area contributed by atoms with Crippen LogP contribution in [0.1, 0.15) is 36.5 Å². The molecular weight excluding hydrogens is 259 g/mol. The molecule has 18 heavy (non-hydrogen) atoms. The molecule has 0 unspecified atom stereocenters. The maximum absolute atomic E-state index is 13.4. The lowest BCUT2D eigenvalue weighted by Crippen LogP contribution is -2.09. The van der Waals surface area contributed by atoms with E-state index < -0.39 is 17.6 Å². The van der Waals surface area contributed by atoms with Crippen molar-refractivity contribution in [2.45, 2.75) is 26.2 Å². The number of Topliss-reactive ketones (excluding diaryl/α,β-unsaturated/α-hetero) is 1. The van der Waals surface area contributed by atoms with E-state index in [2.05, 4.69) is 0 Å². The molecule has 0 aliphatic heterocycles. The number of ketones is 1. The van der Waals surface area contributed by atoms with Crippen LogP contribution < -0.4 is 0 Å². The molecular formula is C13H14ClFO3. The van der Waals surface area contributed by atoms with Crippen LogP contribution in [0.2, 0.25) is 5.02 Å². The van der Waals surface area contributed by atoms with E-state index in [1.54, 1.807) is 0 Å². The van der Waals surface area contributed by atoms with Gasteiger partial charge in [-0.25, -0.2) is 4.39 Å². The molecule has 0 spiro atoms. The van der Waals surface area contributed by atoms with Gasteiger partial charge in [0, 0.05) is 11.4 Å². The van der Waals surface area contributed by atoms with E-state index in [-0.39, 0.29) is 23.4 Å². The van der Waals surface area contributed by atoms with Crippen molar-refractivity contribution in [1.29, 1.82) is 0 Å². The Balaban J connectivity index is 2.53. The van der Waals surface area contributed by atoms with Gasteiger partial charge in [-0.3, -0.25) is 9.59 Å². The Morgan fingerprint density at radius 3 is 2.67 bits per heavy atom. The van der Waals surface area contributed by atoms with E-state index in [9.17, 15) is 14.0 Å². The van der Waals surface area contributed by atoms with Crippen molar-refractivity contribution in [3.05, 3.63) is 34.6 Å². The van der Waals surface area contributed by atoms with Crippen molar-refractivity contribution >= 4 is 23.4 Å². The van der Waals surface area contributed by atoms with Crippen LogP contribution in [0.3, 0.4) is 0 Å². The van der Waals surface area contributed by atoms with Crippen molar-refractivity contribution in [2.24, 2.45) is 0 Å². The summed E-state index contributed by atoms with van der Waals surface area (Å²) < 4.78 is 18.2. The highest BCUT2D eigenvalue weighted by atomic mass is 35.5. The lowest BCUT2D eigenvalue weighted by molar-refractivity contribution is -0.143. The first-order chi connectivity index (χ1) is 8.54. The first kappa shape index (κ1) is 14.6. The summed E-state index contributed by atoms with van der Waals surface area (Å²) in [5.41, 5.74) is -0.0531. The third-order valence-electron chi connectivity index (χ3n) is 2.25. The molecule has 0 saturated carbocycles. The van der Waals surface area contributed by atoms with Crippen molar-refractivity contribution in [1.82, 2.24) is 0 Å². The van der Waals surface area contributed by atoms with Gasteiger partial charge in [-0.2, -0.15) is 0 Å². The number of hydrogen-bond donors (Lipinski definition) is 0. The van der Waals surface area contributed by atoms with Crippen LogP contribution in [0.4, 0.5) is 4.39 Å². The number of halogens is 2. The van der Waals surface area contributed by atoms with Gasteiger partial charge in [-0.05, 0) is 24.6 Å². The van der Waals surface area contributed by atoms with Gasteiger partial charge < -0.3 is 4.74 Å². The Bertz CT molecular complexity index is 446. The number of ether oxygens (including phenoxy) is 1. The maximum atomic E-state index is 13.4. The molecule has 0 bridgehead atoms. The number of esters is 1. The fraction of sp³-hybridized carbons (Fsp3) is 0.385. The van der Waals surface area contributed by atoms with Crippen molar-refractivity contribution in [3.8, 4) is 0 Å². The van der Waals surface area contributed by atoms with E-state index in [1.165, 1.54) is 12.1 Å². The lowest BCUT2D eigenvalue weighted by Gasteiger charge is -2.04. The largest absolute Gasteiger partial charge is 0.466 e. The summed E-state index contributed by atoms with van der Waals surface area (Å²) in [4.78, 5) is 22.9. The van der Waals surface area contributed by atoms with E-state index in [0.29, 0.717) is 6.61 Å². The third kappa shape index (κ3) is 4.45. The predicted octanol–water partition coefficient (Wildman–Crippen LogP) is 3.40. The Labute approximate surface area is 110 Å². The molecule has 0 N–H and O–H groups in total. The molecule has 1 aromatic carbocycles. The molecule has 5 heteroatoms. The van der Waals surface area contributed by atoms with E-state index >= 15 is 0 Å². The van der Waals surface area contributed by atoms with E-state index in [0.717, 1.165) is 12.5 Å². The number of hydrogen-bond acceptors (Lipinski definition) is 3. The second-order valence-electron chi connectivity index (χ2n) is 3.77. The molecule has 0 heterocycles. The summed E-state index contributed by atoms with van der Waals surface area (Å²) >= 11 is 5.58. The summed E-state index contributed by atoms with van der Waals surface area (Å²) in [6, 6.07) is 3.83. The number of carbonyl (C=O) groups excluding carboxylic acids is 2. The predicted molar refractivity (Wildman–Crippen MR) is 66.2 cm³/mol. The van der Waals surface area contributed by atoms with Gasteiger partial charge in [0.25, 0.3) is 0 Å². The fourth-order valence-corrected chi connectivity index (χ4v) is 1.51. The zero-order valence-corrected chi connectivity index (χ0v) is 10.8. The molecule has 0 atom stereocenters. The van der Waals surface area contributed by atoms with Gasteiger partial charge in [0.15, 0.2) is 5.78 Å². The molecule has 0 fully saturated rings. The quantitative estimate of drug-likeness (QED) is 0.589. The second-order valence-corrected chi connectivity index (χ2v) is 4.20. The second kappa shape index (κ2) is 7.11. The maximum Gasteiger partial charge on any atom is 0.306 e. The Kier molecular flexibility index (Phi) is 5.78. The molecule has 98 valence electrons. The summed E-state index contributed by atoms with van der Waals surface area (Å²) in [6.07, 6.45) is 0.619. The Hall–Kier alpha value is -1.42. The molecule has 0 aromatic heterocycles. The van der Waals surface area contributed by atoms with Gasteiger partial charge in [0.1, 0.15) is 5.82 Å². The molecule has 1 aromatic rings. The molecule has 0 saturated heterocycles. The van der Waals surface area contributed by atoms with Crippen molar-refractivity contribution in [2.75, 3.05) is 6.61 Å². The normalized spacial score (nSPS) is 10.2.